The average Bonchev–Trinajstić information content (AvgIpc) is 3.41. The summed E-state index contributed by atoms with van der Waals surface area (Å²) in [5, 5.41) is 5.78. The number of furan rings is 1. The van der Waals surface area contributed by atoms with Gasteiger partial charge in [-0.3, -0.25) is 4.79 Å². The van der Waals surface area contributed by atoms with E-state index in [0.29, 0.717) is 11.3 Å². The molecule has 0 fully saturated rings. The molecule has 158 valence electrons. The molecule has 3 rings (SSSR count). The fourth-order valence-electron chi connectivity index (χ4n) is 2.68. The quantitative estimate of drug-likeness (QED) is 0.488. The maximum absolute atomic E-state index is 12.4. The summed E-state index contributed by atoms with van der Waals surface area (Å²) >= 11 is 1.53. The van der Waals surface area contributed by atoms with E-state index in [0.717, 1.165) is 17.1 Å². The minimum Gasteiger partial charge on any atom is -0.468 e. The van der Waals surface area contributed by atoms with Crippen LogP contribution in [0, 0.1) is 6.92 Å². The van der Waals surface area contributed by atoms with E-state index in [1.54, 1.807) is 30.3 Å². The van der Waals surface area contributed by atoms with Crippen molar-refractivity contribution >= 4 is 33.3 Å². The summed E-state index contributed by atoms with van der Waals surface area (Å²) in [5.41, 5.74) is 1.65. The highest BCUT2D eigenvalue weighted by molar-refractivity contribution is 7.89. The highest BCUT2D eigenvalue weighted by Crippen LogP contribution is 2.20. The predicted octanol–water partition coefficient (Wildman–Crippen LogP) is 3.80. The number of aromatic nitrogens is 1. The number of sulfonamides is 1. The molecular formula is C21H23N3O4S2. The fraction of sp³-hybridized carbons (Fsp3) is 0.238. The Hall–Kier alpha value is -2.75. The molecular weight excluding hydrogens is 422 g/mol. The van der Waals surface area contributed by atoms with Gasteiger partial charge in [0, 0.05) is 17.2 Å². The van der Waals surface area contributed by atoms with Crippen LogP contribution in [0.15, 0.2) is 63.4 Å². The molecule has 1 amide bonds. The van der Waals surface area contributed by atoms with Crippen molar-refractivity contribution in [3.05, 3.63) is 76.1 Å². The van der Waals surface area contributed by atoms with Crippen molar-refractivity contribution in [3.63, 3.8) is 0 Å². The molecule has 7 nitrogen and oxygen atoms in total. The van der Waals surface area contributed by atoms with E-state index in [2.05, 4.69) is 15.0 Å². The van der Waals surface area contributed by atoms with Crippen LogP contribution in [0.4, 0.5) is 0 Å². The van der Waals surface area contributed by atoms with Crippen molar-refractivity contribution < 1.29 is 17.6 Å². The van der Waals surface area contributed by atoms with Gasteiger partial charge in [0.1, 0.15) is 10.8 Å². The number of nitrogens with zero attached hydrogens (tertiary/aromatic N) is 1. The number of nitrogens with one attached hydrogen (secondary N) is 2. The normalized spacial score (nSPS) is 12.9. The Morgan fingerprint density at radius 3 is 2.63 bits per heavy atom. The first kappa shape index (κ1) is 21.9. The summed E-state index contributed by atoms with van der Waals surface area (Å²) in [4.78, 5) is 16.8. The number of amides is 1. The molecule has 3 aromatic rings. The van der Waals surface area contributed by atoms with Crippen molar-refractivity contribution in [2.24, 2.45) is 0 Å². The maximum Gasteiger partial charge on any atom is 0.244 e. The van der Waals surface area contributed by atoms with Crippen LogP contribution in [0.3, 0.4) is 0 Å². The topological polar surface area (TPSA) is 101 Å². The summed E-state index contributed by atoms with van der Waals surface area (Å²) in [5.74, 6) is 0.300. The largest absolute Gasteiger partial charge is 0.468 e. The molecule has 0 saturated carbocycles. The SMILES string of the molecule is CCC(NC(=O)C=Cc1ccc(S(=O)(=O)NCc2ccco2)cc1)c1nc(C)cs1. The van der Waals surface area contributed by atoms with Crippen LogP contribution in [0.1, 0.15) is 41.4 Å². The zero-order chi connectivity index (χ0) is 21.6. The van der Waals surface area contributed by atoms with Crippen molar-refractivity contribution in [2.75, 3.05) is 0 Å². The minimum atomic E-state index is -3.65. The monoisotopic (exact) mass is 445 g/mol. The lowest BCUT2D eigenvalue weighted by Gasteiger charge is -2.12. The Bertz CT molecular complexity index is 1100. The molecule has 2 N–H and O–H groups in total. The van der Waals surface area contributed by atoms with Crippen molar-refractivity contribution in [1.29, 1.82) is 0 Å². The van der Waals surface area contributed by atoms with Crippen LogP contribution >= 0.6 is 11.3 Å². The van der Waals surface area contributed by atoms with E-state index < -0.39 is 10.0 Å². The van der Waals surface area contributed by atoms with Crippen LogP contribution < -0.4 is 10.0 Å². The molecule has 0 aliphatic rings. The summed E-state index contributed by atoms with van der Waals surface area (Å²) in [7, 11) is -3.65. The van der Waals surface area contributed by atoms with Gasteiger partial charge in [0.2, 0.25) is 15.9 Å². The van der Waals surface area contributed by atoms with Crippen LogP contribution in [-0.2, 0) is 21.4 Å². The molecule has 2 heterocycles. The van der Waals surface area contributed by atoms with Crippen LogP contribution in [-0.4, -0.2) is 19.3 Å². The molecule has 0 saturated heterocycles. The van der Waals surface area contributed by atoms with E-state index >= 15 is 0 Å². The Kier molecular flexibility index (Phi) is 7.20. The molecule has 0 bridgehead atoms. The number of carbonyl (C=O) groups excluding carboxylic acids is 1. The second kappa shape index (κ2) is 9.84. The summed E-state index contributed by atoms with van der Waals surface area (Å²) in [6.45, 7) is 3.99. The lowest BCUT2D eigenvalue weighted by molar-refractivity contribution is -0.117. The number of hydrogen-bond acceptors (Lipinski definition) is 6. The van der Waals surface area contributed by atoms with Crippen LogP contribution in [0.5, 0.6) is 0 Å². The van der Waals surface area contributed by atoms with Crippen molar-refractivity contribution in [3.8, 4) is 0 Å². The third-order valence-electron chi connectivity index (χ3n) is 4.29. The number of aryl methyl sites for hydroxylation is 1. The van der Waals surface area contributed by atoms with Gasteiger partial charge in [-0.1, -0.05) is 19.1 Å². The first-order chi connectivity index (χ1) is 14.4. The molecule has 0 radical (unpaired) electrons. The first-order valence-electron chi connectivity index (χ1n) is 9.40. The zero-order valence-electron chi connectivity index (χ0n) is 16.7. The van der Waals surface area contributed by atoms with Crippen molar-refractivity contribution in [1.82, 2.24) is 15.0 Å². The fourth-order valence-corrected chi connectivity index (χ4v) is 4.61. The third kappa shape index (κ3) is 5.88. The maximum atomic E-state index is 12.4. The number of hydrogen-bond donors (Lipinski definition) is 2. The Morgan fingerprint density at radius 2 is 2.03 bits per heavy atom. The van der Waals surface area contributed by atoms with E-state index in [-0.39, 0.29) is 23.4 Å². The highest BCUT2D eigenvalue weighted by atomic mass is 32.2. The Labute approximate surface area is 179 Å². The second-order valence-corrected chi connectivity index (χ2v) is 9.26. The first-order valence-corrected chi connectivity index (χ1v) is 11.8. The smallest absolute Gasteiger partial charge is 0.244 e. The third-order valence-corrected chi connectivity index (χ3v) is 6.79. The molecule has 9 heteroatoms. The van der Waals surface area contributed by atoms with E-state index in [4.69, 9.17) is 4.42 Å². The molecule has 0 aliphatic heterocycles. The number of benzene rings is 1. The number of rotatable bonds is 9. The zero-order valence-corrected chi connectivity index (χ0v) is 18.3. The minimum absolute atomic E-state index is 0.0778. The van der Waals surface area contributed by atoms with Crippen molar-refractivity contribution in [2.45, 2.75) is 37.8 Å². The lowest BCUT2D eigenvalue weighted by Crippen LogP contribution is -2.26. The predicted molar refractivity (Wildman–Crippen MR) is 116 cm³/mol. The summed E-state index contributed by atoms with van der Waals surface area (Å²) in [6.07, 6.45) is 5.30. The van der Waals surface area contributed by atoms with Gasteiger partial charge in [-0.25, -0.2) is 18.1 Å². The lowest BCUT2D eigenvalue weighted by atomic mass is 10.2. The highest BCUT2D eigenvalue weighted by Gasteiger charge is 2.15. The second-order valence-electron chi connectivity index (χ2n) is 6.60. The molecule has 1 unspecified atom stereocenters. The van der Waals surface area contributed by atoms with Gasteiger partial charge in [-0.05, 0) is 49.2 Å². The standard InChI is InChI=1S/C21H23N3O4S2/c1-3-19(21-23-15(2)14-29-21)24-20(25)11-8-16-6-9-18(10-7-16)30(26,27)22-13-17-5-4-12-28-17/h4-12,14,19,22H,3,13H2,1-2H3,(H,24,25). The van der Waals surface area contributed by atoms with Gasteiger partial charge in [-0.15, -0.1) is 11.3 Å². The number of thiazole rings is 1. The van der Waals surface area contributed by atoms with E-state index in [1.165, 1.54) is 35.8 Å². The van der Waals surface area contributed by atoms with Crippen LogP contribution in [0.25, 0.3) is 6.08 Å². The van der Waals surface area contributed by atoms with Gasteiger partial charge in [0.25, 0.3) is 0 Å². The van der Waals surface area contributed by atoms with Gasteiger partial charge in [-0.2, -0.15) is 0 Å². The van der Waals surface area contributed by atoms with E-state index in [1.807, 2.05) is 19.2 Å². The van der Waals surface area contributed by atoms with Gasteiger partial charge >= 0.3 is 0 Å². The van der Waals surface area contributed by atoms with E-state index in [9.17, 15) is 13.2 Å². The molecule has 2 aromatic heterocycles. The number of carbonyl (C=O) groups is 1. The molecule has 0 spiro atoms. The summed E-state index contributed by atoms with van der Waals surface area (Å²) < 4.78 is 32.3. The summed E-state index contributed by atoms with van der Waals surface area (Å²) in [6, 6.07) is 9.54. The van der Waals surface area contributed by atoms with Gasteiger partial charge in [0.15, 0.2) is 0 Å². The molecule has 1 atom stereocenters. The van der Waals surface area contributed by atoms with Crippen LogP contribution in [0.2, 0.25) is 0 Å². The average molecular weight is 446 g/mol. The Balaban J connectivity index is 1.58. The Morgan fingerprint density at radius 1 is 1.27 bits per heavy atom. The van der Waals surface area contributed by atoms with Gasteiger partial charge < -0.3 is 9.73 Å². The molecule has 1 aromatic carbocycles. The molecule has 30 heavy (non-hydrogen) atoms. The van der Waals surface area contributed by atoms with Gasteiger partial charge in [0.05, 0.1) is 23.7 Å². The molecule has 0 aliphatic carbocycles.